The Bertz CT molecular complexity index is 642. The minimum Gasteiger partial charge on any atom is -0.305 e. The van der Waals surface area contributed by atoms with E-state index in [1.54, 1.807) is 11.6 Å². The van der Waals surface area contributed by atoms with Crippen LogP contribution in [0.4, 0.5) is 0 Å². The van der Waals surface area contributed by atoms with E-state index in [9.17, 15) is 4.79 Å². The first kappa shape index (κ1) is 12.0. The van der Waals surface area contributed by atoms with Crippen LogP contribution in [0.2, 0.25) is 0 Å². The summed E-state index contributed by atoms with van der Waals surface area (Å²) in [6, 6.07) is 0. The molecule has 0 amide bonds. The Morgan fingerprint density at radius 2 is 1.88 bits per heavy atom. The molecule has 0 bridgehead atoms. The molecule has 6 heteroatoms. The molecule has 90 valence electrons. The summed E-state index contributed by atoms with van der Waals surface area (Å²) in [5.74, 6) is 0.568. The Hall–Kier alpha value is -1.43. The van der Waals surface area contributed by atoms with Crippen LogP contribution in [0.5, 0.6) is 0 Å². The molecule has 0 spiro atoms. The zero-order valence-corrected chi connectivity index (χ0v) is 11.7. The number of aromatic amines is 1. The van der Waals surface area contributed by atoms with Gasteiger partial charge >= 0.3 is 0 Å². The van der Waals surface area contributed by atoms with E-state index in [0.717, 1.165) is 17.0 Å². The van der Waals surface area contributed by atoms with Gasteiger partial charge in [-0.05, 0) is 36.7 Å². The molecule has 0 fully saturated rings. The van der Waals surface area contributed by atoms with Gasteiger partial charge in [0.05, 0.1) is 17.0 Å². The van der Waals surface area contributed by atoms with Crippen molar-refractivity contribution < 1.29 is 0 Å². The highest BCUT2D eigenvalue weighted by Crippen LogP contribution is 2.23. The Kier molecular flexibility index (Phi) is 2.91. The van der Waals surface area contributed by atoms with Gasteiger partial charge in [-0.2, -0.15) is 5.10 Å². The SMILES string of the molecule is Cc1nn(C)c(C)c1-c1nc(C)c(Br)c(=O)[nH]1. The van der Waals surface area contributed by atoms with Crippen molar-refractivity contribution in [3.63, 3.8) is 0 Å². The van der Waals surface area contributed by atoms with Gasteiger partial charge in [-0.3, -0.25) is 9.48 Å². The molecule has 2 rings (SSSR count). The molecule has 0 aliphatic carbocycles. The first-order valence-corrected chi connectivity index (χ1v) is 5.98. The molecule has 1 N–H and O–H groups in total. The highest BCUT2D eigenvalue weighted by molar-refractivity contribution is 9.10. The van der Waals surface area contributed by atoms with Gasteiger partial charge in [-0.25, -0.2) is 4.98 Å². The van der Waals surface area contributed by atoms with Crippen molar-refractivity contribution in [3.05, 3.63) is 31.9 Å². The predicted octanol–water partition coefficient (Wildman–Crippen LogP) is 1.86. The highest BCUT2D eigenvalue weighted by Gasteiger charge is 2.15. The summed E-state index contributed by atoms with van der Waals surface area (Å²) in [5, 5.41) is 4.31. The molecule has 2 aromatic heterocycles. The lowest BCUT2D eigenvalue weighted by Gasteiger charge is -2.04. The van der Waals surface area contributed by atoms with Crippen molar-refractivity contribution in [1.82, 2.24) is 19.7 Å². The number of H-pyrrole nitrogens is 1. The van der Waals surface area contributed by atoms with Crippen molar-refractivity contribution >= 4 is 15.9 Å². The third-order valence-corrected chi connectivity index (χ3v) is 3.71. The molecule has 5 nitrogen and oxygen atoms in total. The van der Waals surface area contributed by atoms with Gasteiger partial charge in [-0.15, -0.1) is 0 Å². The fourth-order valence-corrected chi connectivity index (χ4v) is 1.99. The molecule has 0 unspecified atom stereocenters. The Morgan fingerprint density at radius 1 is 1.24 bits per heavy atom. The topological polar surface area (TPSA) is 63.6 Å². The van der Waals surface area contributed by atoms with Crippen LogP contribution >= 0.6 is 15.9 Å². The second-order valence-electron chi connectivity index (χ2n) is 3.98. The summed E-state index contributed by atoms with van der Waals surface area (Å²) in [6.45, 7) is 5.65. The minimum absolute atomic E-state index is 0.171. The van der Waals surface area contributed by atoms with Crippen molar-refractivity contribution in [1.29, 1.82) is 0 Å². The molecule has 0 aliphatic heterocycles. The number of rotatable bonds is 1. The standard InChI is InChI=1S/C11H13BrN4O/c1-5-8(7(3)16(4)15-5)10-13-6(2)9(12)11(17)14-10/h1-4H3,(H,13,14,17). The number of hydrogen-bond donors (Lipinski definition) is 1. The summed E-state index contributed by atoms with van der Waals surface area (Å²) < 4.78 is 2.25. The molecule has 0 radical (unpaired) electrons. The van der Waals surface area contributed by atoms with E-state index in [-0.39, 0.29) is 5.56 Å². The second kappa shape index (κ2) is 4.10. The molecular formula is C11H13BrN4O. The van der Waals surface area contributed by atoms with Gasteiger partial charge in [0, 0.05) is 12.7 Å². The molecule has 0 saturated heterocycles. The van der Waals surface area contributed by atoms with E-state index in [4.69, 9.17) is 0 Å². The number of aryl methyl sites for hydroxylation is 3. The lowest BCUT2D eigenvalue weighted by molar-refractivity contribution is 0.731. The number of halogens is 1. The average Bonchev–Trinajstić information content (AvgIpc) is 2.49. The van der Waals surface area contributed by atoms with E-state index in [0.29, 0.717) is 16.0 Å². The molecule has 0 aliphatic rings. The van der Waals surface area contributed by atoms with Crippen LogP contribution in [-0.4, -0.2) is 19.7 Å². The van der Waals surface area contributed by atoms with Gasteiger partial charge < -0.3 is 4.98 Å². The van der Waals surface area contributed by atoms with Crippen LogP contribution in [0.3, 0.4) is 0 Å². The maximum Gasteiger partial charge on any atom is 0.265 e. The number of hydrogen-bond acceptors (Lipinski definition) is 3. The van der Waals surface area contributed by atoms with Crippen LogP contribution < -0.4 is 5.56 Å². The quantitative estimate of drug-likeness (QED) is 0.874. The molecule has 0 saturated carbocycles. The summed E-state index contributed by atoms with van der Waals surface area (Å²) in [4.78, 5) is 18.8. The van der Waals surface area contributed by atoms with Crippen LogP contribution in [-0.2, 0) is 7.05 Å². The maximum atomic E-state index is 11.7. The van der Waals surface area contributed by atoms with E-state index in [1.807, 2.05) is 20.9 Å². The first-order chi connectivity index (χ1) is 7.91. The van der Waals surface area contributed by atoms with Gasteiger partial charge in [-0.1, -0.05) is 0 Å². The smallest absolute Gasteiger partial charge is 0.265 e. The summed E-state index contributed by atoms with van der Waals surface area (Å²) in [6.07, 6.45) is 0. The molecule has 17 heavy (non-hydrogen) atoms. The van der Waals surface area contributed by atoms with Gasteiger partial charge in [0.2, 0.25) is 0 Å². The predicted molar refractivity (Wildman–Crippen MR) is 69.0 cm³/mol. The minimum atomic E-state index is -0.171. The van der Waals surface area contributed by atoms with Crippen molar-refractivity contribution in [2.75, 3.05) is 0 Å². The fraction of sp³-hybridized carbons (Fsp3) is 0.364. The zero-order valence-electron chi connectivity index (χ0n) is 10.1. The van der Waals surface area contributed by atoms with Crippen molar-refractivity contribution in [2.24, 2.45) is 7.05 Å². The van der Waals surface area contributed by atoms with Crippen LogP contribution in [0, 0.1) is 20.8 Å². The van der Waals surface area contributed by atoms with Gasteiger partial charge in [0.15, 0.2) is 0 Å². The lowest BCUT2D eigenvalue weighted by atomic mass is 10.2. The zero-order chi connectivity index (χ0) is 12.7. The second-order valence-corrected chi connectivity index (χ2v) is 4.78. The number of nitrogens with zero attached hydrogens (tertiary/aromatic N) is 3. The Morgan fingerprint density at radius 3 is 2.35 bits per heavy atom. The normalized spacial score (nSPS) is 10.9. The Labute approximate surface area is 107 Å². The third kappa shape index (κ3) is 1.93. The fourth-order valence-electron chi connectivity index (χ4n) is 1.81. The van der Waals surface area contributed by atoms with Crippen LogP contribution in [0.1, 0.15) is 17.1 Å². The Balaban J connectivity index is 2.73. The molecule has 0 atom stereocenters. The van der Waals surface area contributed by atoms with Gasteiger partial charge in [0.25, 0.3) is 5.56 Å². The van der Waals surface area contributed by atoms with Gasteiger partial charge in [0.1, 0.15) is 10.3 Å². The largest absolute Gasteiger partial charge is 0.305 e. The maximum absolute atomic E-state index is 11.7. The average molecular weight is 297 g/mol. The molecule has 2 aromatic rings. The highest BCUT2D eigenvalue weighted by atomic mass is 79.9. The van der Waals surface area contributed by atoms with E-state index < -0.39 is 0 Å². The lowest BCUT2D eigenvalue weighted by Crippen LogP contribution is -2.12. The monoisotopic (exact) mass is 296 g/mol. The molecular weight excluding hydrogens is 284 g/mol. The van der Waals surface area contributed by atoms with E-state index >= 15 is 0 Å². The third-order valence-electron chi connectivity index (χ3n) is 2.77. The van der Waals surface area contributed by atoms with E-state index in [2.05, 4.69) is 31.0 Å². The van der Waals surface area contributed by atoms with Crippen molar-refractivity contribution in [3.8, 4) is 11.4 Å². The first-order valence-electron chi connectivity index (χ1n) is 5.18. The summed E-state index contributed by atoms with van der Waals surface area (Å²) in [7, 11) is 1.87. The molecule has 0 aromatic carbocycles. The summed E-state index contributed by atoms with van der Waals surface area (Å²) >= 11 is 3.20. The number of nitrogens with one attached hydrogen (secondary N) is 1. The van der Waals surface area contributed by atoms with Crippen LogP contribution in [0.15, 0.2) is 9.27 Å². The number of aromatic nitrogens is 4. The van der Waals surface area contributed by atoms with Crippen LogP contribution in [0.25, 0.3) is 11.4 Å². The van der Waals surface area contributed by atoms with E-state index in [1.165, 1.54) is 0 Å². The summed E-state index contributed by atoms with van der Waals surface area (Å²) in [5.41, 5.74) is 3.23. The van der Waals surface area contributed by atoms with Crippen molar-refractivity contribution in [2.45, 2.75) is 20.8 Å². The molecule has 2 heterocycles.